The van der Waals surface area contributed by atoms with Gasteiger partial charge in [-0.2, -0.15) is 0 Å². The van der Waals surface area contributed by atoms with Crippen molar-refractivity contribution in [2.45, 2.75) is 405 Å². The zero-order valence-electron chi connectivity index (χ0n) is 55.4. The molecular weight excluding hydrogens is 1180 g/mol. The molecule has 0 aromatic carbocycles. The molecule has 0 aliphatic carbocycles. The van der Waals surface area contributed by atoms with Crippen molar-refractivity contribution in [2.24, 2.45) is 17.8 Å². The molecule has 0 saturated carbocycles. The van der Waals surface area contributed by atoms with E-state index in [0.717, 1.165) is 57.8 Å². The van der Waals surface area contributed by atoms with Crippen molar-refractivity contribution >= 4 is 75.4 Å². The van der Waals surface area contributed by atoms with Gasteiger partial charge in [-0.15, -0.1) is 0 Å². The molecule has 6 nitrogen and oxygen atoms in total. The molecule has 3 unspecified atom stereocenters. The predicted molar refractivity (Wildman–Crippen MR) is 371 cm³/mol. The van der Waals surface area contributed by atoms with Gasteiger partial charge in [-0.1, -0.05) is 136 Å². The third kappa shape index (κ3) is 53.3. The van der Waals surface area contributed by atoms with Crippen LogP contribution in [0, 0.1) is 17.8 Å². The maximum atomic E-state index is 14.8. The summed E-state index contributed by atoms with van der Waals surface area (Å²) in [6, 6.07) is 0. The Balaban J connectivity index is 6.17. The minimum Gasteiger partial charge on any atom is -0.0654 e. The molecule has 10 heteroatoms. The summed E-state index contributed by atoms with van der Waals surface area (Å²) in [6.45, 7) is 9.12. The molecule has 0 rings (SSSR count). The number of carbonyl (C=O) groups excluding carboxylic acids is 3. The van der Waals surface area contributed by atoms with Gasteiger partial charge in [0.1, 0.15) is 0 Å². The smallest absolute Gasteiger partial charge is 0.0654 e. The van der Waals surface area contributed by atoms with Gasteiger partial charge in [-0.05, 0) is 0 Å². The second-order valence-electron chi connectivity index (χ2n) is 25.7. The number of hydrogen-bond donors (Lipinski definition) is 3. The van der Waals surface area contributed by atoms with E-state index in [9.17, 15) is 14.4 Å². The molecule has 0 aliphatic heterocycles. The first-order chi connectivity index (χ1) is 40.3. The molecule has 0 heterocycles. The first-order valence-corrected chi connectivity index (χ1v) is 44.2. The van der Waals surface area contributed by atoms with Gasteiger partial charge in [0, 0.05) is 0 Å². The molecule has 0 saturated heterocycles. The zero-order chi connectivity index (χ0) is 59.9. The van der Waals surface area contributed by atoms with Crippen LogP contribution in [0.2, 0.25) is 4.44 Å². The van der Waals surface area contributed by atoms with Crippen LogP contribution in [0.4, 0.5) is 0 Å². The minimum absolute atomic E-state index is 0.345. The van der Waals surface area contributed by atoms with Crippen molar-refractivity contribution in [3.8, 4) is 0 Å². The average Bonchev–Trinajstić information content (AvgIpc) is 3.57. The maximum absolute atomic E-state index is 14.8. The van der Waals surface area contributed by atoms with Gasteiger partial charge in [0.2, 0.25) is 0 Å². The van der Waals surface area contributed by atoms with Gasteiger partial charge >= 0.3 is 402 Å². The first-order valence-electron chi connectivity index (χ1n) is 36.8. The van der Waals surface area contributed by atoms with Gasteiger partial charge in [0.25, 0.3) is 0 Å². The van der Waals surface area contributed by atoms with E-state index in [0.29, 0.717) is 66.6 Å². The Labute approximate surface area is 534 Å². The average molecular weight is 1320 g/mol. The van der Waals surface area contributed by atoms with Gasteiger partial charge in [0.05, 0.1) is 0 Å². The third-order valence-corrected chi connectivity index (χ3v) is 25.7. The van der Waals surface area contributed by atoms with Crippen LogP contribution in [0.25, 0.3) is 0 Å². The number of thiol groups is 3. The van der Waals surface area contributed by atoms with E-state index in [1.807, 2.05) is 0 Å². The fraction of sp³-hybridized carbons (Fsp3) is 0.958. The Morgan fingerprint density at radius 2 is 0.402 bits per heavy atom. The van der Waals surface area contributed by atoms with Crippen molar-refractivity contribution in [2.75, 3.05) is 17.3 Å². The fourth-order valence-electron chi connectivity index (χ4n) is 12.1. The number of hydrogen-bond acceptors (Lipinski definition) is 9. The molecular formula is C72H142O6S3Sn. The Morgan fingerprint density at radius 1 is 0.244 bits per heavy atom. The van der Waals surface area contributed by atoms with E-state index in [1.165, 1.54) is 270 Å². The van der Waals surface area contributed by atoms with Gasteiger partial charge < -0.3 is 0 Å². The summed E-state index contributed by atoms with van der Waals surface area (Å²) in [7, 11) is 0. The standard InChI is InChI=1S/3C20H40O2S.C12H25.Sn/c3*1-2-3-4-5-6-7-8-9-10-11-12-13-14-15-16-19(17-18-23)20(21)22;1-3-5-7-9-11-12-10-8-6-4-2;/h3*19,23H,2-18H2,1H3,(H,21,22);1,3-12H2,2H3;/q;;;;+3/p-3. The van der Waals surface area contributed by atoms with Crippen LogP contribution in [0.3, 0.4) is 0 Å². The molecule has 3 atom stereocenters. The number of rotatable bonds is 68. The number of carbonyl (C=O) groups is 3. The summed E-state index contributed by atoms with van der Waals surface area (Å²) in [6.07, 6.45) is 69.3. The minimum atomic E-state index is -5.32. The molecule has 0 aromatic rings. The van der Waals surface area contributed by atoms with Crippen LogP contribution in [-0.2, 0) is 23.6 Å². The Hall–Kier alpha value is 0.259. The Morgan fingerprint density at radius 3 is 0.573 bits per heavy atom. The first kappa shape index (κ1) is 82.3. The van der Waals surface area contributed by atoms with E-state index in [1.54, 1.807) is 0 Å². The summed E-state index contributed by atoms with van der Waals surface area (Å²) in [5.74, 6) is -0.467. The third-order valence-electron chi connectivity index (χ3n) is 17.8. The van der Waals surface area contributed by atoms with E-state index < -0.39 is 19.6 Å². The van der Waals surface area contributed by atoms with E-state index in [-0.39, 0.29) is 35.7 Å². The fourth-order valence-corrected chi connectivity index (χ4v) is 20.3. The van der Waals surface area contributed by atoms with Gasteiger partial charge in [-0.3, -0.25) is 0 Å². The second-order valence-corrected chi connectivity index (χ2v) is 34.1. The molecule has 488 valence electrons. The van der Waals surface area contributed by atoms with Crippen LogP contribution in [0.5, 0.6) is 0 Å². The molecule has 0 radical (unpaired) electrons. The monoisotopic (exact) mass is 1320 g/mol. The molecule has 0 bridgehead atoms. The Bertz CT molecular complexity index is 1200. The topological polar surface area (TPSA) is 78.9 Å². The van der Waals surface area contributed by atoms with Gasteiger partial charge in [0.15, 0.2) is 0 Å². The van der Waals surface area contributed by atoms with Crippen LogP contribution in [-0.4, -0.2) is 54.8 Å². The quantitative estimate of drug-likeness (QED) is 0.0320. The van der Waals surface area contributed by atoms with Crippen molar-refractivity contribution in [3.63, 3.8) is 0 Å². The van der Waals surface area contributed by atoms with Gasteiger partial charge in [-0.25, -0.2) is 0 Å². The van der Waals surface area contributed by atoms with Crippen molar-refractivity contribution in [1.29, 1.82) is 0 Å². The second kappa shape index (κ2) is 65.7. The summed E-state index contributed by atoms with van der Waals surface area (Å²) < 4.78 is 20.7. The zero-order valence-corrected chi connectivity index (χ0v) is 60.9. The van der Waals surface area contributed by atoms with Crippen LogP contribution in [0.1, 0.15) is 400 Å². The molecule has 0 fully saturated rings. The van der Waals surface area contributed by atoms with Crippen LogP contribution >= 0.6 is 37.9 Å². The van der Waals surface area contributed by atoms with E-state index in [4.69, 9.17) is 9.22 Å². The normalized spacial score (nSPS) is 13.5. The SMILES string of the molecule is CCCCCCCCCCCCCCCCC(CCS)C(=O)[O][Sn]([CH2]CCCCCCCCCCC)([O]C(=O)C(CCS)CCCCCCCCCCCCCCCC)[O]C(=O)C(CCS)CCCCCCCCCCCCCCCC. The molecule has 0 aliphatic rings. The molecule has 82 heavy (non-hydrogen) atoms. The summed E-state index contributed by atoms with van der Waals surface area (Å²) in [5.41, 5.74) is 0. The number of unbranched alkanes of at least 4 members (excludes halogenated alkanes) is 48. The van der Waals surface area contributed by atoms with Crippen molar-refractivity contribution in [1.82, 2.24) is 0 Å². The summed E-state index contributed by atoms with van der Waals surface area (Å²) in [4.78, 5) is 44.3. The van der Waals surface area contributed by atoms with Crippen LogP contribution in [0.15, 0.2) is 0 Å². The predicted octanol–water partition coefficient (Wildman–Crippen LogP) is 24.9. The van der Waals surface area contributed by atoms with E-state index >= 15 is 0 Å². The summed E-state index contributed by atoms with van der Waals surface area (Å²) >= 11 is 8.61. The van der Waals surface area contributed by atoms with E-state index in [2.05, 4.69) is 65.6 Å². The molecule has 0 amide bonds. The molecule has 0 spiro atoms. The summed E-state index contributed by atoms with van der Waals surface area (Å²) in [5, 5.41) is 0. The Kier molecular flexibility index (Phi) is 65.9. The molecule has 0 aromatic heterocycles. The van der Waals surface area contributed by atoms with Crippen molar-refractivity contribution < 1.29 is 23.6 Å². The van der Waals surface area contributed by atoms with Crippen LogP contribution < -0.4 is 0 Å². The molecule has 0 N–H and O–H groups in total. The van der Waals surface area contributed by atoms with Crippen molar-refractivity contribution in [3.05, 3.63) is 0 Å².